The van der Waals surface area contributed by atoms with Crippen LogP contribution in [0.15, 0.2) is 24.3 Å². The number of carbonyl (C=O) groups is 3. The molecular formula is C23H42O3. The van der Waals surface area contributed by atoms with E-state index in [1.165, 1.54) is 26.2 Å². The van der Waals surface area contributed by atoms with Gasteiger partial charge in [-0.05, 0) is 37.3 Å². The van der Waals surface area contributed by atoms with Gasteiger partial charge in [0.25, 0.3) is 0 Å². The van der Waals surface area contributed by atoms with E-state index >= 15 is 0 Å². The highest BCUT2D eigenvalue weighted by atomic mass is 16.2. The summed E-state index contributed by atoms with van der Waals surface area (Å²) in [5.41, 5.74) is 3.13. The maximum atomic E-state index is 10.4. The van der Waals surface area contributed by atoms with Gasteiger partial charge < -0.3 is 0 Å². The highest BCUT2D eigenvalue weighted by Gasteiger charge is 2.09. The van der Waals surface area contributed by atoms with Gasteiger partial charge in [0.15, 0.2) is 5.78 Å². The van der Waals surface area contributed by atoms with Gasteiger partial charge in [0, 0.05) is 6.92 Å². The van der Waals surface area contributed by atoms with Crippen LogP contribution in [-0.4, -0.2) is 17.3 Å². The van der Waals surface area contributed by atoms with Crippen LogP contribution in [0.5, 0.6) is 0 Å². The van der Waals surface area contributed by atoms with E-state index in [0.717, 1.165) is 6.92 Å². The number of aryl methyl sites for hydroxylation is 2. The van der Waals surface area contributed by atoms with E-state index in [1.807, 2.05) is 55.4 Å². The summed E-state index contributed by atoms with van der Waals surface area (Å²) in [5, 5.41) is 0. The first kappa shape index (κ1) is 31.9. The fourth-order valence-corrected chi connectivity index (χ4v) is 1.87. The lowest BCUT2D eigenvalue weighted by molar-refractivity contribution is -0.137. The number of benzene rings is 1. The Hall–Kier alpha value is -1.77. The lowest BCUT2D eigenvalue weighted by Gasteiger charge is -1.93. The molecule has 0 bridgehead atoms. The van der Waals surface area contributed by atoms with Crippen molar-refractivity contribution in [2.45, 2.75) is 94.9 Å². The van der Waals surface area contributed by atoms with Crippen molar-refractivity contribution in [2.24, 2.45) is 0 Å². The maximum absolute atomic E-state index is 10.4. The number of hydrogen-bond donors (Lipinski definition) is 0. The summed E-state index contributed by atoms with van der Waals surface area (Å²) in [5.74, 6) is -1.43. The Labute approximate surface area is 162 Å². The van der Waals surface area contributed by atoms with Crippen molar-refractivity contribution in [1.82, 2.24) is 0 Å². The molecule has 1 aliphatic carbocycles. The Kier molecular flexibility index (Phi) is 31.3. The summed E-state index contributed by atoms with van der Waals surface area (Å²) in [6, 6.07) is 8.74. The van der Waals surface area contributed by atoms with Crippen molar-refractivity contribution in [3.05, 3.63) is 35.4 Å². The molecule has 0 spiro atoms. The Balaban J connectivity index is -0.000000135. The average molecular weight is 367 g/mol. The first-order chi connectivity index (χ1) is 12.5. The van der Waals surface area contributed by atoms with E-state index in [4.69, 9.17) is 0 Å². The zero-order valence-corrected chi connectivity index (χ0v) is 18.9. The summed E-state index contributed by atoms with van der Waals surface area (Å²) in [6.07, 6.45) is 3.71. The van der Waals surface area contributed by atoms with E-state index in [0.29, 0.717) is 0 Å². The number of hydrogen-bond acceptors (Lipinski definition) is 3. The van der Waals surface area contributed by atoms with Crippen LogP contribution < -0.4 is 0 Å². The van der Waals surface area contributed by atoms with Gasteiger partial charge in [-0.15, -0.1) is 0 Å². The van der Waals surface area contributed by atoms with E-state index in [2.05, 4.69) is 24.3 Å². The van der Waals surface area contributed by atoms with Crippen molar-refractivity contribution in [1.29, 1.82) is 0 Å². The van der Waals surface area contributed by atoms with Gasteiger partial charge in [-0.2, -0.15) is 0 Å². The van der Waals surface area contributed by atoms with Crippen molar-refractivity contribution in [3.8, 4) is 0 Å². The van der Waals surface area contributed by atoms with Crippen molar-refractivity contribution in [2.75, 3.05) is 0 Å². The first-order valence-electron chi connectivity index (χ1n) is 10.1. The van der Waals surface area contributed by atoms with Crippen LogP contribution in [0.25, 0.3) is 0 Å². The molecule has 3 nitrogen and oxygen atoms in total. The molecule has 26 heavy (non-hydrogen) atoms. The lowest BCUT2D eigenvalue weighted by atomic mass is 10.1. The third-order valence-electron chi connectivity index (χ3n) is 2.81. The molecule has 3 heteroatoms. The predicted octanol–water partition coefficient (Wildman–Crippen LogP) is 6.40. The van der Waals surface area contributed by atoms with E-state index in [-0.39, 0.29) is 12.2 Å². The molecular weight excluding hydrogens is 324 g/mol. The Morgan fingerprint density at radius 2 is 1.08 bits per heavy atom. The second-order valence-corrected chi connectivity index (χ2v) is 4.48. The third-order valence-corrected chi connectivity index (χ3v) is 2.81. The molecule has 0 N–H and O–H groups in total. The van der Waals surface area contributed by atoms with Crippen molar-refractivity contribution in [3.63, 3.8) is 0 Å². The number of Topliss-reactive ketones (excluding diaryl/α,β-unsaturated/α-hetero) is 3. The Morgan fingerprint density at radius 1 is 0.731 bits per heavy atom. The summed E-state index contributed by atoms with van der Waals surface area (Å²) in [6.45, 7) is 18.4. The quantitative estimate of drug-likeness (QED) is 0.459. The number of carbonyl (C=O) groups excluding carboxylic acids is 3. The van der Waals surface area contributed by atoms with Crippen molar-refractivity contribution >= 4 is 17.3 Å². The van der Waals surface area contributed by atoms with E-state index < -0.39 is 11.6 Å². The van der Waals surface area contributed by atoms with Crippen LogP contribution in [0.3, 0.4) is 0 Å². The molecule has 0 heterocycles. The monoisotopic (exact) mass is 366 g/mol. The van der Waals surface area contributed by atoms with Crippen LogP contribution in [-0.2, 0) is 27.2 Å². The fraction of sp³-hybridized carbons (Fsp3) is 0.609. The average Bonchev–Trinajstić information content (AvgIpc) is 3.17. The zero-order chi connectivity index (χ0) is 21.5. The molecule has 1 aromatic carbocycles. The Morgan fingerprint density at radius 3 is 1.31 bits per heavy atom. The molecule has 1 aromatic rings. The molecule has 0 aliphatic heterocycles. The standard InChI is InChI=1S/C9H10.C6H8O3.4C2H6/c1-2-5-9-7-3-6-8(9)4-1;1-4(7)3-6(9)5(2)8;4*1-2/h1-2,4-5H,3,6-7H2;3H2,1-2H3;4*1-2H3. The van der Waals surface area contributed by atoms with Crippen LogP contribution in [0.2, 0.25) is 0 Å². The molecule has 0 aromatic heterocycles. The van der Waals surface area contributed by atoms with Crippen molar-refractivity contribution < 1.29 is 14.4 Å². The van der Waals surface area contributed by atoms with Gasteiger partial charge in [-0.3, -0.25) is 14.4 Å². The molecule has 1 aliphatic rings. The zero-order valence-electron chi connectivity index (χ0n) is 18.9. The van der Waals surface area contributed by atoms with Gasteiger partial charge >= 0.3 is 0 Å². The van der Waals surface area contributed by atoms with E-state index in [9.17, 15) is 14.4 Å². The van der Waals surface area contributed by atoms with Crippen LogP contribution in [0.4, 0.5) is 0 Å². The maximum Gasteiger partial charge on any atom is 0.205 e. The van der Waals surface area contributed by atoms with Gasteiger partial charge in [0.05, 0.1) is 6.42 Å². The fourth-order valence-electron chi connectivity index (χ4n) is 1.87. The summed E-state index contributed by atoms with van der Waals surface area (Å²) < 4.78 is 0. The molecule has 0 saturated carbocycles. The minimum atomic E-state index is -0.609. The molecule has 0 amide bonds. The highest BCUT2D eigenvalue weighted by Crippen LogP contribution is 2.20. The van der Waals surface area contributed by atoms with Crippen LogP contribution in [0, 0.1) is 0 Å². The van der Waals surface area contributed by atoms with Gasteiger partial charge in [-0.1, -0.05) is 79.7 Å². The second-order valence-electron chi connectivity index (χ2n) is 4.48. The highest BCUT2D eigenvalue weighted by molar-refractivity contribution is 6.39. The number of rotatable bonds is 3. The molecule has 0 fully saturated rings. The van der Waals surface area contributed by atoms with Gasteiger partial charge in [0.1, 0.15) is 5.78 Å². The lowest BCUT2D eigenvalue weighted by Crippen LogP contribution is -2.12. The second kappa shape index (κ2) is 25.5. The smallest absolute Gasteiger partial charge is 0.205 e. The molecule has 0 atom stereocenters. The van der Waals surface area contributed by atoms with E-state index in [1.54, 1.807) is 11.1 Å². The van der Waals surface area contributed by atoms with Crippen LogP contribution in [0.1, 0.15) is 93.2 Å². The molecule has 0 unspecified atom stereocenters. The number of fused-ring (bicyclic) bond motifs is 1. The topological polar surface area (TPSA) is 51.2 Å². The first-order valence-corrected chi connectivity index (χ1v) is 10.1. The Bertz CT molecular complexity index is 439. The third kappa shape index (κ3) is 18.6. The minimum absolute atomic E-state index is 0.255. The normalized spacial score (nSPS) is 9.31. The SMILES string of the molecule is CC.CC.CC.CC.CC(=O)CC(=O)C(C)=O.c1ccc2c(c1)CCC2. The largest absolute Gasteiger partial charge is 0.300 e. The molecule has 0 saturated heterocycles. The van der Waals surface area contributed by atoms with Crippen LogP contribution >= 0.6 is 0 Å². The predicted molar refractivity (Wildman–Crippen MR) is 115 cm³/mol. The summed E-state index contributed by atoms with van der Waals surface area (Å²) in [7, 11) is 0. The minimum Gasteiger partial charge on any atom is -0.300 e. The molecule has 152 valence electrons. The molecule has 0 radical (unpaired) electrons. The molecule has 2 rings (SSSR count). The van der Waals surface area contributed by atoms with Gasteiger partial charge in [-0.25, -0.2) is 0 Å². The summed E-state index contributed by atoms with van der Waals surface area (Å²) in [4.78, 5) is 30.7. The summed E-state index contributed by atoms with van der Waals surface area (Å²) >= 11 is 0. The van der Waals surface area contributed by atoms with Gasteiger partial charge in [0.2, 0.25) is 5.78 Å². The number of ketones is 3.